The van der Waals surface area contributed by atoms with Gasteiger partial charge in [-0.1, -0.05) is 26.3 Å². The molecular weight excluding hydrogens is 722 g/mol. The second-order valence-corrected chi connectivity index (χ2v) is 15.7. The van der Waals surface area contributed by atoms with Crippen molar-refractivity contribution in [3.05, 3.63) is 74.5 Å². The summed E-state index contributed by atoms with van der Waals surface area (Å²) in [4.78, 5) is 42.1. The van der Waals surface area contributed by atoms with E-state index in [1.807, 2.05) is 0 Å². The van der Waals surface area contributed by atoms with Gasteiger partial charge in [0.05, 0.1) is 41.2 Å². The number of hydrogen-bond acceptors (Lipinski definition) is 9. The molecule has 3 aliphatic rings. The predicted octanol–water partition coefficient (Wildman–Crippen LogP) is 5.21. The minimum atomic E-state index is -3.83. The van der Waals surface area contributed by atoms with Crippen LogP contribution in [0, 0.1) is 17.2 Å². The van der Waals surface area contributed by atoms with Crippen molar-refractivity contribution >= 4 is 60.6 Å². The number of halogens is 1. The number of carbonyl (C=O) groups is 3. The minimum Gasteiger partial charge on any atom is -0.361 e. The summed E-state index contributed by atoms with van der Waals surface area (Å²) >= 11 is 3.57. The third-order valence-electron chi connectivity index (χ3n) is 9.14. The fourth-order valence-electron chi connectivity index (χ4n) is 6.90. The van der Waals surface area contributed by atoms with Gasteiger partial charge >= 0.3 is 0 Å². The standard InChI is InChI=1S/C36H44BrN7O5S/c1-4-7-23-15-29-34(31(45)16-23)33(27(20-38)22(3)40-29)25-18-28(37)35(30(19-25)43-50(48,49)14-5-2)42-36(47)24-8-6-9-26(17-24)41-32(46)21-44-12-10-39-11-13-44/h6,8-9,17-19,23,33,39-40,43H,4-5,7,10-16,21H2,1-3H3,(H,41,46)(H,42,47). The number of rotatable bonds is 12. The van der Waals surface area contributed by atoms with Crippen LogP contribution in [0.1, 0.15) is 74.7 Å². The van der Waals surface area contributed by atoms with E-state index in [1.54, 1.807) is 50.2 Å². The average Bonchev–Trinajstić information content (AvgIpc) is 3.06. The SMILES string of the molecule is CCCC1CC(=O)C2=C(C1)NC(C)=C(C#N)C2c1cc(Br)c(NC(=O)c2cccc(NC(=O)CN3CCNCC3)c2)c(NS(=O)(=O)CCC)c1. The van der Waals surface area contributed by atoms with Crippen LogP contribution < -0.4 is 26.0 Å². The molecule has 2 amide bonds. The summed E-state index contributed by atoms with van der Waals surface area (Å²) < 4.78 is 29.3. The van der Waals surface area contributed by atoms with Crippen LogP contribution >= 0.6 is 15.9 Å². The Balaban J connectivity index is 1.48. The fraction of sp³-hybridized carbons (Fsp3) is 0.444. The number of ketones is 1. The van der Waals surface area contributed by atoms with Crippen LogP contribution in [0.2, 0.25) is 0 Å². The van der Waals surface area contributed by atoms with Crippen LogP contribution in [-0.2, 0) is 19.6 Å². The first-order valence-electron chi connectivity index (χ1n) is 17.0. The van der Waals surface area contributed by atoms with Gasteiger partial charge in [-0.05, 0) is 83.9 Å². The van der Waals surface area contributed by atoms with Gasteiger partial charge in [0.25, 0.3) is 5.91 Å². The molecule has 0 saturated carbocycles. The van der Waals surface area contributed by atoms with Crippen LogP contribution in [0.25, 0.3) is 0 Å². The van der Waals surface area contributed by atoms with E-state index in [4.69, 9.17) is 0 Å². The number of Topliss-reactive ketones (excluding diaryl/α,β-unsaturated/α-hetero) is 1. The summed E-state index contributed by atoms with van der Waals surface area (Å²) in [6, 6.07) is 12.1. The molecule has 14 heteroatoms. The monoisotopic (exact) mass is 765 g/mol. The van der Waals surface area contributed by atoms with Gasteiger partial charge in [0.15, 0.2) is 5.78 Å². The number of piperazine rings is 1. The highest BCUT2D eigenvalue weighted by Gasteiger charge is 2.39. The van der Waals surface area contributed by atoms with Crippen LogP contribution in [0.5, 0.6) is 0 Å². The Morgan fingerprint density at radius 3 is 2.54 bits per heavy atom. The normalized spacial score (nSPS) is 19.7. The Morgan fingerprint density at radius 2 is 1.84 bits per heavy atom. The molecule has 2 aromatic carbocycles. The van der Waals surface area contributed by atoms with Gasteiger partial charge in [0, 0.05) is 65.3 Å². The summed E-state index contributed by atoms with van der Waals surface area (Å²) in [5.74, 6) is -1.43. The molecule has 2 aromatic rings. The van der Waals surface area contributed by atoms with Gasteiger partial charge in [-0.15, -0.1) is 0 Å². The number of benzene rings is 2. The van der Waals surface area contributed by atoms with E-state index in [1.165, 1.54) is 0 Å². The second kappa shape index (κ2) is 16.3. The summed E-state index contributed by atoms with van der Waals surface area (Å²) in [5.41, 5.74) is 3.82. The average molecular weight is 767 g/mol. The number of nitrogens with one attached hydrogen (secondary N) is 5. The van der Waals surface area contributed by atoms with Crippen molar-refractivity contribution in [2.24, 2.45) is 5.92 Å². The number of sulfonamides is 1. The lowest BCUT2D eigenvalue weighted by atomic mass is 9.72. The Bertz CT molecular complexity index is 1880. The molecule has 266 valence electrons. The number of allylic oxidation sites excluding steroid dienone is 4. The first kappa shape index (κ1) is 37.2. The van der Waals surface area contributed by atoms with Crippen LogP contribution in [-0.4, -0.2) is 69.4 Å². The molecule has 5 rings (SSSR count). The van der Waals surface area contributed by atoms with E-state index in [2.05, 4.69) is 59.8 Å². The van der Waals surface area contributed by atoms with Crippen LogP contribution in [0.4, 0.5) is 17.1 Å². The van der Waals surface area contributed by atoms with Gasteiger partial charge < -0.3 is 21.3 Å². The molecule has 2 unspecified atom stereocenters. The fourth-order valence-corrected chi connectivity index (χ4v) is 8.61. The lowest BCUT2D eigenvalue weighted by Gasteiger charge is -2.35. The number of nitriles is 1. The Morgan fingerprint density at radius 1 is 1.08 bits per heavy atom. The highest BCUT2D eigenvalue weighted by Crippen LogP contribution is 2.46. The van der Waals surface area contributed by atoms with Crippen molar-refractivity contribution in [1.29, 1.82) is 5.26 Å². The summed E-state index contributed by atoms with van der Waals surface area (Å²) in [5, 5.41) is 22.5. The Kier molecular flexibility index (Phi) is 12.2. The number of carbonyl (C=O) groups excluding carboxylic acids is 3. The van der Waals surface area contributed by atoms with Gasteiger partial charge in [0.2, 0.25) is 15.9 Å². The molecule has 0 bridgehead atoms. The summed E-state index contributed by atoms with van der Waals surface area (Å²) in [6.07, 6.45) is 3.30. The topological polar surface area (TPSA) is 173 Å². The van der Waals surface area contributed by atoms with E-state index in [0.29, 0.717) is 51.8 Å². The smallest absolute Gasteiger partial charge is 0.255 e. The van der Waals surface area contributed by atoms with Gasteiger partial charge in [0.1, 0.15) is 0 Å². The van der Waals surface area contributed by atoms with Crippen molar-refractivity contribution in [1.82, 2.24) is 15.5 Å². The van der Waals surface area contributed by atoms with E-state index < -0.39 is 21.8 Å². The molecule has 0 aromatic heterocycles. The molecule has 0 radical (unpaired) electrons. The third-order valence-corrected chi connectivity index (χ3v) is 11.2. The molecule has 12 nitrogen and oxygen atoms in total. The lowest BCUT2D eigenvalue weighted by Crippen LogP contribution is -2.46. The van der Waals surface area contributed by atoms with E-state index in [9.17, 15) is 28.1 Å². The molecule has 2 atom stereocenters. The largest absolute Gasteiger partial charge is 0.361 e. The summed E-state index contributed by atoms with van der Waals surface area (Å²) in [7, 11) is -3.83. The minimum absolute atomic E-state index is 0.0380. The number of hydrogen-bond donors (Lipinski definition) is 5. The molecule has 0 spiro atoms. The van der Waals surface area contributed by atoms with Crippen LogP contribution in [0.3, 0.4) is 0 Å². The quantitative estimate of drug-likeness (QED) is 0.194. The number of nitrogens with zero attached hydrogens (tertiary/aromatic N) is 2. The Labute approximate surface area is 302 Å². The zero-order valence-electron chi connectivity index (χ0n) is 28.6. The maximum absolute atomic E-state index is 13.7. The van der Waals surface area contributed by atoms with Crippen molar-refractivity contribution in [3.8, 4) is 6.07 Å². The van der Waals surface area contributed by atoms with Crippen molar-refractivity contribution in [3.63, 3.8) is 0 Å². The zero-order chi connectivity index (χ0) is 36.0. The molecule has 2 aliphatic heterocycles. The van der Waals surface area contributed by atoms with Gasteiger partial charge in [-0.3, -0.25) is 24.0 Å². The summed E-state index contributed by atoms with van der Waals surface area (Å²) in [6.45, 7) is 9.07. The number of dihydropyridines is 1. The third kappa shape index (κ3) is 8.81. The lowest BCUT2D eigenvalue weighted by molar-refractivity contribution is -0.118. The zero-order valence-corrected chi connectivity index (χ0v) is 31.0. The first-order valence-corrected chi connectivity index (χ1v) is 19.5. The van der Waals surface area contributed by atoms with Crippen molar-refractivity contribution in [2.45, 2.75) is 58.8 Å². The maximum atomic E-state index is 13.7. The Hall–Kier alpha value is -4.03. The number of anilines is 3. The molecule has 5 N–H and O–H groups in total. The maximum Gasteiger partial charge on any atom is 0.255 e. The van der Waals surface area contributed by atoms with E-state index in [-0.39, 0.29) is 46.8 Å². The van der Waals surface area contributed by atoms with Crippen molar-refractivity contribution in [2.75, 3.05) is 53.8 Å². The number of amides is 2. The molecule has 50 heavy (non-hydrogen) atoms. The molecule has 2 heterocycles. The highest BCUT2D eigenvalue weighted by molar-refractivity contribution is 9.10. The first-order chi connectivity index (χ1) is 23.9. The van der Waals surface area contributed by atoms with Gasteiger partial charge in [-0.25, -0.2) is 8.42 Å². The highest BCUT2D eigenvalue weighted by atomic mass is 79.9. The molecule has 1 saturated heterocycles. The molecule has 1 fully saturated rings. The van der Waals surface area contributed by atoms with Gasteiger partial charge in [-0.2, -0.15) is 5.26 Å². The predicted molar refractivity (Wildman–Crippen MR) is 198 cm³/mol. The van der Waals surface area contributed by atoms with E-state index >= 15 is 0 Å². The van der Waals surface area contributed by atoms with Crippen LogP contribution in [0.15, 0.2) is 63.4 Å². The second-order valence-electron chi connectivity index (χ2n) is 13.0. The van der Waals surface area contributed by atoms with E-state index in [0.717, 1.165) is 44.7 Å². The van der Waals surface area contributed by atoms with Crippen molar-refractivity contribution < 1.29 is 22.8 Å². The molecular formula is C36H44BrN7O5S. The molecule has 1 aliphatic carbocycles.